The van der Waals surface area contributed by atoms with Gasteiger partial charge in [0.15, 0.2) is 11.5 Å². The monoisotopic (exact) mass is 459 g/mol. The van der Waals surface area contributed by atoms with Gasteiger partial charge in [0.1, 0.15) is 6.61 Å². The summed E-state index contributed by atoms with van der Waals surface area (Å²) in [4.78, 5) is 0. The fraction of sp³-hybridized carbons (Fsp3) is 0.217. The number of nitrogens with one attached hydrogen (secondary N) is 1. The van der Waals surface area contributed by atoms with E-state index in [2.05, 4.69) is 58.5 Å². The number of benzene rings is 3. The van der Waals surface area contributed by atoms with E-state index in [-0.39, 0.29) is 0 Å². The minimum absolute atomic E-state index is 0.441. The van der Waals surface area contributed by atoms with Crippen molar-refractivity contribution in [3.8, 4) is 11.5 Å². The molecule has 3 rings (SSSR count). The topological polar surface area (TPSA) is 30.5 Å². The molecule has 0 heterocycles. The summed E-state index contributed by atoms with van der Waals surface area (Å²) in [5.41, 5.74) is 4.48. The highest BCUT2D eigenvalue weighted by molar-refractivity contribution is 9.10. The summed E-state index contributed by atoms with van der Waals surface area (Å²) in [5.74, 6) is 1.43. The van der Waals surface area contributed by atoms with Crippen LogP contribution in [0.2, 0.25) is 5.02 Å². The van der Waals surface area contributed by atoms with Gasteiger partial charge in [-0.05, 0) is 77.3 Å². The summed E-state index contributed by atoms with van der Waals surface area (Å²) in [5, 5.41) is 4.15. The molecule has 0 aliphatic carbocycles. The first-order valence-corrected chi connectivity index (χ1v) is 10.3. The zero-order valence-corrected chi connectivity index (χ0v) is 18.3. The molecule has 0 saturated carbocycles. The van der Waals surface area contributed by atoms with Crippen LogP contribution in [-0.4, -0.2) is 6.61 Å². The molecule has 0 aliphatic rings. The Balaban J connectivity index is 1.73. The summed E-state index contributed by atoms with van der Waals surface area (Å²) in [6.07, 6.45) is 0. The predicted octanol–water partition coefficient (Wildman–Crippen LogP) is 7.00. The number of rotatable bonds is 8. The maximum absolute atomic E-state index is 6.04. The smallest absolute Gasteiger partial charge is 0.175 e. The van der Waals surface area contributed by atoms with Gasteiger partial charge in [0.25, 0.3) is 0 Å². The average molecular weight is 461 g/mol. The van der Waals surface area contributed by atoms with E-state index in [0.29, 0.717) is 30.5 Å². The summed E-state index contributed by atoms with van der Waals surface area (Å²) in [6.45, 7) is 5.75. The largest absolute Gasteiger partial charge is 0.490 e. The molecular weight excluding hydrogens is 438 g/mol. The standard InChI is InChI=1S/C23H23BrClNO2/c1-3-27-22-13-18(14-26-20-10-4-16(2)5-11-20)12-21(24)23(22)28-15-17-6-8-19(25)9-7-17/h4-13,26H,3,14-15H2,1-2H3. The summed E-state index contributed by atoms with van der Waals surface area (Å²) in [7, 11) is 0. The molecular formula is C23H23BrClNO2. The molecule has 28 heavy (non-hydrogen) atoms. The number of hydrogen-bond acceptors (Lipinski definition) is 3. The zero-order valence-electron chi connectivity index (χ0n) is 16.0. The number of halogens is 2. The molecule has 5 heteroatoms. The maximum atomic E-state index is 6.04. The van der Waals surface area contributed by atoms with Gasteiger partial charge in [0.05, 0.1) is 11.1 Å². The highest BCUT2D eigenvalue weighted by Crippen LogP contribution is 2.37. The van der Waals surface area contributed by atoms with Crippen molar-refractivity contribution in [1.82, 2.24) is 0 Å². The van der Waals surface area contributed by atoms with E-state index in [4.69, 9.17) is 21.1 Å². The molecule has 0 atom stereocenters. The summed E-state index contributed by atoms with van der Waals surface area (Å²) < 4.78 is 12.7. The molecule has 0 unspecified atom stereocenters. The average Bonchev–Trinajstić information content (AvgIpc) is 2.68. The molecule has 3 aromatic carbocycles. The second-order valence-corrected chi connectivity index (χ2v) is 7.76. The molecule has 3 aromatic rings. The predicted molar refractivity (Wildman–Crippen MR) is 120 cm³/mol. The van der Waals surface area contributed by atoms with Crippen molar-refractivity contribution >= 4 is 33.2 Å². The second-order valence-electron chi connectivity index (χ2n) is 6.47. The Morgan fingerprint density at radius 3 is 2.32 bits per heavy atom. The van der Waals surface area contributed by atoms with Crippen molar-refractivity contribution in [3.63, 3.8) is 0 Å². The molecule has 1 N–H and O–H groups in total. The van der Waals surface area contributed by atoms with Crippen LogP contribution in [0.5, 0.6) is 11.5 Å². The minimum Gasteiger partial charge on any atom is -0.490 e. The molecule has 0 amide bonds. The Hall–Kier alpha value is -2.17. The lowest BCUT2D eigenvalue weighted by Gasteiger charge is -2.16. The van der Waals surface area contributed by atoms with E-state index in [0.717, 1.165) is 27.0 Å². The van der Waals surface area contributed by atoms with Gasteiger partial charge in [-0.1, -0.05) is 41.4 Å². The number of anilines is 1. The van der Waals surface area contributed by atoms with Gasteiger partial charge in [0.2, 0.25) is 0 Å². The molecule has 0 fully saturated rings. The van der Waals surface area contributed by atoms with Crippen LogP contribution in [-0.2, 0) is 13.2 Å². The highest BCUT2D eigenvalue weighted by Gasteiger charge is 2.13. The van der Waals surface area contributed by atoms with E-state index < -0.39 is 0 Å². The first kappa shape index (κ1) is 20.6. The van der Waals surface area contributed by atoms with Gasteiger partial charge >= 0.3 is 0 Å². The second kappa shape index (κ2) is 9.85. The number of aryl methyl sites for hydroxylation is 1. The fourth-order valence-corrected chi connectivity index (χ4v) is 3.47. The van der Waals surface area contributed by atoms with Crippen LogP contribution < -0.4 is 14.8 Å². The van der Waals surface area contributed by atoms with Crippen molar-refractivity contribution in [2.24, 2.45) is 0 Å². The molecule has 146 valence electrons. The maximum Gasteiger partial charge on any atom is 0.175 e. The van der Waals surface area contributed by atoms with Crippen LogP contribution in [0.25, 0.3) is 0 Å². The van der Waals surface area contributed by atoms with Crippen molar-refractivity contribution in [3.05, 3.63) is 86.8 Å². The summed E-state index contributed by atoms with van der Waals surface area (Å²) in [6, 6.07) is 20.1. The zero-order chi connectivity index (χ0) is 19.9. The highest BCUT2D eigenvalue weighted by atomic mass is 79.9. The van der Waals surface area contributed by atoms with Gasteiger partial charge in [-0.2, -0.15) is 0 Å². The SMILES string of the molecule is CCOc1cc(CNc2ccc(C)cc2)cc(Br)c1OCc1ccc(Cl)cc1. The molecule has 3 nitrogen and oxygen atoms in total. The van der Waals surface area contributed by atoms with Crippen LogP contribution in [0, 0.1) is 6.92 Å². The first-order valence-electron chi connectivity index (χ1n) is 9.18. The van der Waals surface area contributed by atoms with E-state index in [9.17, 15) is 0 Å². The van der Waals surface area contributed by atoms with Crippen LogP contribution >= 0.6 is 27.5 Å². The lowest BCUT2D eigenvalue weighted by atomic mass is 10.1. The molecule has 0 bridgehead atoms. The van der Waals surface area contributed by atoms with Gasteiger partial charge in [-0.25, -0.2) is 0 Å². The van der Waals surface area contributed by atoms with Crippen molar-refractivity contribution in [2.45, 2.75) is 27.0 Å². The molecule has 0 saturated heterocycles. The summed E-state index contributed by atoms with van der Waals surface area (Å²) >= 11 is 9.58. The minimum atomic E-state index is 0.441. The van der Waals surface area contributed by atoms with Crippen LogP contribution in [0.4, 0.5) is 5.69 Å². The van der Waals surface area contributed by atoms with Crippen molar-refractivity contribution in [2.75, 3.05) is 11.9 Å². The quantitative estimate of drug-likeness (QED) is 0.392. The Kier molecular flexibility index (Phi) is 7.24. The Labute approximate surface area is 179 Å². The van der Waals surface area contributed by atoms with E-state index in [1.54, 1.807) is 0 Å². The Morgan fingerprint density at radius 2 is 1.64 bits per heavy atom. The van der Waals surface area contributed by atoms with Crippen LogP contribution in [0.15, 0.2) is 65.1 Å². The van der Waals surface area contributed by atoms with Gasteiger partial charge in [-0.15, -0.1) is 0 Å². The Bertz CT molecular complexity index is 911. The molecule has 0 radical (unpaired) electrons. The third kappa shape index (κ3) is 5.66. The molecule has 0 aliphatic heterocycles. The lowest BCUT2D eigenvalue weighted by Crippen LogP contribution is -2.04. The van der Waals surface area contributed by atoms with Crippen LogP contribution in [0.3, 0.4) is 0 Å². The lowest BCUT2D eigenvalue weighted by molar-refractivity contribution is 0.267. The van der Waals surface area contributed by atoms with Gasteiger partial charge in [-0.3, -0.25) is 0 Å². The van der Waals surface area contributed by atoms with Crippen LogP contribution in [0.1, 0.15) is 23.6 Å². The molecule has 0 aromatic heterocycles. The Morgan fingerprint density at radius 1 is 0.929 bits per heavy atom. The number of hydrogen-bond donors (Lipinski definition) is 1. The third-order valence-electron chi connectivity index (χ3n) is 4.21. The molecule has 0 spiro atoms. The first-order chi connectivity index (χ1) is 13.5. The van der Waals surface area contributed by atoms with Crippen molar-refractivity contribution < 1.29 is 9.47 Å². The van der Waals surface area contributed by atoms with Crippen molar-refractivity contribution in [1.29, 1.82) is 0 Å². The number of ether oxygens (including phenoxy) is 2. The normalized spacial score (nSPS) is 10.6. The van der Waals surface area contributed by atoms with Gasteiger partial charge in [0, 0.05) is 17.3 Å². The fourth-order valence-electron chi connectivity index (χ4n) is 2.74. The third-order valence-corrected chi connectivity index (χ3v) is 5.05. The van der Waals surface area contributed by atoms with E-state index in [1.807, 2.05) is 37.3 Å². The van der Waals surface area contributed by atoms with Gasteiger partial charge < -0.3 is 14.8 Å². The van der Waals surface area contributed by atoms with E-state index in [1.165, 1.54) is 5.56 Å². The van der Waals surface area contributed by atoms with E-state index >= 15 is 0 Å².